The van der Waals surface area contributed by atoms with Crippen LogP contribution in [0.4, 0.5) is 0 Å². The molecule has 0 radical (unpaired) electrons. The number of hydrogen-bond acceptors (Lipinski definition) is 6. The van der Waals surface area contributed by atoms with Crippen molar-refractivity contribution in [1.29, 1.82) is 0 Å². The van der Waals surface area contributed by atoms with E-state index in [1.54, 1.807) is 29.8 Å². The van der Waals surface area contributed by atoms with Gasteiger partial charge >= 0.3 is 0 Å². The fourth-order valence-electron chi connectivity index (χ4n) is 3.76. The molecule has 4 rings (SSSR count). The Morgan fingerprint density at radius 3 is 2.46 bits per heavy atom. The summed E-state index contributed by atoms with van der Waals surface area (Å²) in [7, 11) is 1.63. The number of piperazine rings is 1. The fourth-order valence-corrected chi connectivity index (χ4v) is 5.84. The van der Waals surface area contributed by atoms with Crippen LogP contribution >= 0.6 is 22.7 Å². The summed E-state index contributed by atoms with van der Waals surface area (Å²) >= 11 is 3.21. The minimum absolute atomic E-state index is 0.0743. The van der Waals surface area contributed by atoms with Gasteiger partial charge in [0.15, 0.2) is 0 Å². The predicted octanol–water partition coefficient (Wildman–Crippen LogP) is 2.02. The van der Waals surface area contributed by atoms with Crippen molar-refractivity contribution in [2.24, 2.45) is 0 Å². The van der Waals surface area contributed by atoms with E-state index in [4.69, 9.17) is 4.74 Å². The quantitative estimate of drug-likeness (QED) is 0.867. The lowest BCUT2D eigenvalue weighted by atomic mass is 9.90. The molecule has 2 fully saturated rings. The minimum atomic E-state index is -0.699. The van der Waals surface area contributed by atoms with Gasteiger partial charge in [-0.15, -0.1) is 22.7 Å². The highest BCUT2D eigenvalue weighted by molar-refractivity contribution is 7.27. The molecule has 140 valence electrons. The maximum atomic E-state index is 13.0. The van der Waals surface area contributed by atoms with Crippen LogP contribution in [0.25, 0.3) is 9.40 Å². The zero-order valence-corrected chi connectivity index (χ0v) is 16.5. The Morgan fingerprint density at radius 2 is 1.81 bits per heavy atom. The van der Waals surface area contributed by atoms with Gasteiger partial charge in [0.1, 0.15) is 5.60 Å². The van der Waals surface area contributed by atoms with Crippen molar-refractivity contribution < 1.29 is 14.3 Å². The molecule has 2 aromatic rings. The van der Waals surface area contributed by atoms with Crippen LogP contribution in [0.1, 0.15) is 22.5 Å². The first-order valence-electron chi connectivity index (χ1n) is 8.94. The minimum Gasteiger partial charge on any atom is -0.368 e. The molecule has 0 saturated carbocycles. The Labute approximate surface area is 160 Å². The average Bonchev–Trinajstić information content (AvgIpc) is 3.30. The third-order valence-corrected chi connectivity index (χ3v) is 7.48. The van der Waals surface area contributed by atoms with Crippen LogP contribution in [0, 0.1) is 0 Å². The molecule has 2 aromatic heterocycles. The molecular weight excluding hydrogens is 370 g/mol. The van der Waals surface area contributed by atoms with Crippen LogP contribution in [-0.2, 0) is 9.53 Å². The number of nitrogens with one attached hydrogen (secondary N) is 1. The third-order valence-electron chi connectivity index (χ3n) is 5.40. The Kier molecular flexibility index (Phi) is 5.00. The number of nitrogens with zero attached hydrogens (tertiary/aromatic N) is 2. The fraction of sp³-hybridized carbons (Fsp3) is 0.556. The second-order valence-electron chi connectivity index (χ2n) is 6.79. The van der Waals surface area contributed by atoms with E-state index in [0.717, 1.165) is 18.0 Å². The maximum Gasteiger partial charge on any atom is 0.264 e. The molecule has 6 nitrogen and oxygen atoms in total. The highest BCUT2D eigenvalue weighted by Gasteiger charge is 2.43. The number of piperidine rings is 1. The van der Waals surface area contributed by atoms with Crippen LogP contribution in [-0.4, -0.2) is 73.6 Å². The molecule has 4 heterocycles. The van der Waals surface area contributed by atoms with E-state index < -0.39 is 5.60 Å². The van der Waals surface area contributed by atoms with E-state index in [0.29, 0.717) is 39.0 Å². The molecule has 2 amide bonds. The van der Waals surface area contributed by atoms with E-state index in [2.05, 4.69) is 11.4 Å². The number of rotatable bonds is 3. The molecule has 2 aliphatic heterocycles. The predicted molar refractivity (Wildman–Crippen MR) is 104 cm³/mol. The van der Waals surface area contributed by atoms with Crippen LogP contribution < -0.4 is 5.32 Å². The van der Waals surface area contributed by atoms with E-state index >= 15 is 0 Å². The first-order chi connectivity index (χ1) is 12.6. The number of thiophene rings is 2. The number of methoxy groups -OCH3 is 1. The summed E-state index contributed by atoms with van der Waals surface area (Å²) in [6.07, 6.45) is 1.40. The summed E-state index contributed by atoms with van der Waals surface area (Å²) in [5.41, 5.74) is -0.699. The van der Waals surface area contributed by atoms with Gasteiger partial charge in [-0.3, -0.25) is 9.59 Å². The summed E-state index contributed by atoms with van der Waals surface area (Å²) in [5, 5.41) is 5.33. The molecule has 0 spiro atoms. The molecular formula is C18H23N3O3S2. The van der Waals surface area contributed by atoms with Gasteiger partial charge in [-0.2, -0.15) is 0 Å². The molecule has 0 aliphatic carbocycles. The lowest BCUT2D eigenvalue weighted by molar-refractivity contribution is -0.159. The Balaban J connectivity index is 1.39. The van der Waals surface area contributed by atoms with Crippen LogP contribution in [0.15, 0.2) is 17.5 Å². The van der Waals surface area contributed by atoms with Crippen LogP contribution in [0.2, 0.25) is 0 Å². The first kappa shape index (κ1) is 17.9. The summed E-state index contributed by atoms with van der Waals surface area (Å²) in [6, 6.07) is 4.04. The van der Waals surface area contributed by atoms with Crippen molar-refractivity contribution >= 4 is 43.9 Å². The Bertz CT molecular complexity index is 773. The van der Waals surface area contributed by atoms with Gasteiger partial charge in [0.05, 0.1) is 4.88 Å². The molecule has 0 aromatic carbocycles. The van der Waals surface area contributed by atoms with Gasteiger partial charge in [0, 0.05) is 42.7 Å². The van der Waals surface area contributed by atoms with Crippen molar-refractivity contribution in [3.63, 3.8) is 0 Å². The topological polar surface area (TPSA) is 61.9 Å². The number of carbonyl (C=O) groups is 2. The van der Waals surface area contributed by atoms with Gasteiger partial charge < -0.3 is 19.9 Å². The van der Waals surface area contributed by atoms with Gasteiger partial charge in [-0.25, -0.2) is 0 Å². The number of fused-ring (bicyclic) bond motifs is 1. The van der Waals surface area contributed by atoms with Gasteiger partial charge in [0.25, 0.3) is 11.8 Å². The largest absolute Gasteiger partial charge is 0.368 e. The van der Waals surface area contributed by atoms with E-state index in [-0.39, 0.29) is 11.8 Å². The molecule has 0 unspecified atom stereocenters. The number of ether oxygens (including phenoxy) is 1. The molecule has 26 heavy (non-hydrogen) atoms. The van der Waals surface area contributed by atoms with E-state index in [1.807, 2.05) is 21.2 Å². The van der Waals surface area contributed by atoms with Crippen LogP contribution in [0.3, 0.4) is 0 Å². The van der Waals surface area contributed by atoms with Crippen molar-refractivity contribution in [2.45, 2.75) is 18.4 Å². The number of hydrogen-bond donors (Lipinski definition) is 1. The molecule has 2 aliphatic rings. The zero-order valence-electron chi connectivity index (χ0n) is 14.8. The normalized spacial score (nSPS) is 20.5. The van der Waals surface area contributed by atoms with Gasteiger partial charge in [-0.05, 0) is 43.4 Å². The summed E-state index contributed by atoms with van der Waals surface area (Å²) < 4.78 is 7.99. The van der Waals surface area contributed by atoms with Crippen LogP contribution in [0.5, 0.6) is 0 Å². The van der Waals surface area contributed by atoms with E-state index in [9.17, 15) is 9.59 Å². The van der Waals surface area contributed by atoms with Gasteiger partial charge in [-0.1, -0.05) is 0 Å². The average molecular weight is 394 g/mol. The summed E-state index contributed by atoms with van der Waals surface area (Å²) in [5.74, 6) is 0.152. The smallest absolute Gasteiger partial charge is 0.264 e. The first-order valence-corrected chi connectivity index (χ1v) is 10.6. The lowest BCUT2D eigenvalue weighted by Gasteiger charge is -2.42. The summed E-state index contributed by atoms with van der Waals surface area (Å²) in [4.78, 5) is 30.3. The highest BCUT2D eigenvalue weighted by atomic mass is 32.1. The monoisotopic (exact) mass is 393 g/mol. The standard InChI is InChI=1S/C18H23N3O3S2/c1-24-18(3-5-19-6-4-18)17(23)21-9-7-20(8-10-21)16(22)15-12-14-13(26-15)2-11-25-14/h2,11-12,19H,3-10H2,1H3. The molecule has 1 N–H and O–H groups in total. The molecule has 8 heteroatoms. The Hall–Kier alpha value is -1.48. The third kappa shape index (κ3) is 3.15. The number of carbonyl (C=O) groups excluding carboxylic acids is 2. The second kappa shape index (κ2) is 7.26. The molecule has 2 saturated heterocycles. The lowest BCUT2D eigenvalue weighted by Crippen LogP contribution is -2.59. The van der Waals surface area contributed by atoms with Crippen molar-refractivity contribution in [3.8, 4) is 0 Å². The van der Waals surface area contributed by atoms with Crippen molar-refractivity contribution in [3.05, 3.63) is 22.4 Å². The summed E-state index contributed by atoms with van der Waals surface area (Å²) in [6.45, 7) is 3.90. The Morgan fingerprint density at radius 1 is 1.12 bits per heavy atom. The molecule has 0 atom stereocenters. The number of amides is 2. The van der Waals surface area contributed by atoms with Gasteiger partial charge in [0.2, 0.25) is 0 Å². The highest BCUT2D eigenvalue weighted by Crippen LogP contribution is 2.31. The maximum absolute atomic E-state index is 13.0. The van der Waals surface area contributed by atoms with Crippen molar-refractivity contribution in [1.82, 2.24) is 15.1 Å². The molecule has 0 bridgehead atoms. The zero-order chi connectivity index (χ0) is 18.1. The van der Waals surface area contributed by atoms with E-state index in [1.165, 1.54) is 9.40 Å². The second-order valence-corrected chi connectivity index (χ2v) is 8.82. The SMILES string of the molecule is COC1(C(=O)N2CCN(C(=O)c3cc4sccc4s3)CC2)CCNCC1. The van der Waals surface area contributed by atoms with Crippen molar-refractivity contribution in [2.75, 3.05) is 46.4 Å².